The quantitative estimate of drug-likeness (QED) is 0.810. The molecule has 21 heavy (non-hydrogen) atoms. The number of benzene rings is 2. The molecule has 0 radical (unpaired) electrons. The molecule has 0 saturated heterocycles. The van der Waals surface area contributed by atoms with Gasteiger partial charge in [0.1, 0.15) is 0 Å². The first-order valence-electron chi connectivity index (χ1n) is 7.33. The van der Waals surface area contributed by atoms with Crippen LogP contribution in [-0.4, -0.2) is 7.11 Å². The Labute approximate surface area is 126 Å². The third kappa shape index (κ3) is 3.97. The minimum atomic E-state index is -0.332. The van der Waals surface area contributed by atoms with E-state index >= 15 is 0 Å². The number of nitrogens with one attached hydrogen (secondary N) is 1. The van der Waals surface area contributed by atoms with Gasteiger partial charge in [-0.25, -0.2) is 4.39 Å². The van der Waals surface area contributed by atoms with Crippen molar-refractivity contribution >= 4 is 5.69 Å². The monoisotopic (exact) mass is 287 g/mol. The Morgan fingerprint density at radius 1 is 1.14 bits per heavy atom. The summed E-state index contributed by atoms with van der Waals surface area (Å²) in [7, 11) is 1.47. The maximum atomic E-state index is 13.7. The fraction of sp³-hybridized carbons (Fsp3) is 0.333. The lowest BCUT2D eigenvalue weighted by molar-refractivity contribution is 0.386. The maximum absolute atomic E-state index is 13.7. The van der Waals surface area contributed by atoms with E-state index in [0.717, 1.165) is 24.1 Å². The Morgan fingerprint density at radius 3 is 2.43 bits per heavy atom. The first-order valence-corrected chi connectivity index (χ1v) is 7.33. The van der Waals surface area contributed by atoms with E-state index < -0.39 is 0 Å². The van der Waals surface area contributed by atoms with E-state index in [0.29, 0.717) is 0 Å². The van der Waals surface area contributed by atoms with Crippen LogP contribution >= 0.6 is 0 Å². The lowest BCUT2D eigenvalue weighted by Gasteiger charge is -2.17. The van der Waals surface area contributed by atoms with Crippen molar-refractivity contribution in [3.63, 3.8) is 0 Å². The van der Waals surface area contributed by atoms with Gasteiger partial charge in [0, 0.05) is 11.7 Å². The number of anilines is 1. The lowest BCUT2D eigenvalue weighted by Crippen LogP contribution is -2.07. The van der Waals surface area contributed by atoms with Gasteiger partial charge in [-0.05, 0) is 48.7 Å². The lowest BCUT2D eigenvalue weighted by atomic mass is 10.1. The summed E-state index contributed by atoms with van der Waals surface area (Å²) in [5.74, 6) is -0.0585. The maximum Gasteiger partial charge on any atom is 0.165 e. The molecular weight excluding hydrogens is 265 g/mol. The van der Waals surface area contributed by atoms with Gasteiger partial charge in [-0.1, -0.05) is 31.5 Å². The average Bonchev–Trinajstić information content (AvgIpc) is 2.49. The van der Waals surface area contributed by atoms with Crippen molar-refractivity contribution in [1.29, 1.82) is 0 Å². The number of hydrogen-bond acceptors (Lipinski definition) is 2. The van der Waals surface area contributed by atoms with E-state index in [4.69, 9.17) is 4.74 Å². The third-order valence-corrected chi connectivity index (χ3v) is 3.55. The molecule has 0 bridgehead atoms. The first kappa shape index (κ1) is 15.4. The zero-order chi connectivity index (χ0) is 15.2. The van der Waals surface area contributed by atoms with Crippen LogP contribution in [-0.2, 0) is 6.42 Å². The topological polar surface area (TPSA) is 21.3 Å². The molecule has 0 fully saturated rings. The summed E-state index contributed by atoms with van der Waals surface area (Å²) in [5.41, 5.74) is 3.27. The largest absolute Gasteiger partial charge is 0.494 e. The zero-order valence-electron chi connectivity index (χ0n) is 12.8. The Hall–Kier alpha value is -2.03. The fourth-order valence-electron chi connectivity index (χ4n) is 2.34. The Balaban J connectivity index is 2.06. The van der Waals surface area contributed by atoms with Crippen LogP contribution in [0.2, 0.25) is 0 Å². The standard InChI is InChI=1S/C18H22FNO/c1-4-5-14-6-9-16(10-7-14)20-13(2)15-8-11-18(21-3)17(19)12-15/h6-13,20H,4-5H2,1-3H3. The number of hydrogen-bond donors (Lipinski definition) is 1. The smallest absolute Gasteiger partial charge is 0.165 e. The molecule has 2 aromatic carbocycles. The highest BCUT2D eigenvalue weighted by Gasteiger charge is 2.09. The van der Waals surface area contributed by atoms with E-state index in [1.807, 2.05) is 13.0 Å². The summed E-state index contributed by atoms with van der Waals surface area (Å²) in [6, 6.07) is 13.5. The van der Waals surface area contributed by atoms with Gasteiger partial charge in [0.05, 0.1) is 7.11 Å². The second kappa shape index (κ2) is 7.11. The van der Waals surface area contributed by atoms with Crippen molar-refractivity contribution in [1.82, 2.24) is 0 Å². The highest BCUT2D eigenvalue weighted by atomic mass is 19.1. The normalized spacial score (nSPS) is 12.0. The molecule has 0 aliphatic rings. The van der Waals surface area contributed by atoms with Crippen LogP contribution < -0.4 is 10.1 Å². The second-order valence-corrected chi connectivity index (χ2v) is 5.21. The molecule has 112 valence electrons. The molecule has 2 aromatic rings. The highest BCUT2D eigenvalue weighted by Crippen LogP contribution is 2.24. The van der Waals surface area contributed by atoms with E-state index in [2.05, 4.69) is 36.5 Å². The van der Waals surface area contributed by atoms with Crippen LogP contribution in [0.15, 0.2) is 42.5 Å². The van der Waals surface area contributed by atoms with Crippen LogP contribution in [0.3, 0.4) is 0 Å². The van der Waals surface area contributed by atoms with Gasteiger partial charge >= 0.3 is 0 Å². The Kier molecular flexibility index (Phi) is 5.20. The van der Waals surface area contributed by atoms with Gasteiger partial charge in [-0.15, -0.1) is 0 Å². The molecule has 1 N–H and O–H groups in total. The molecule has 2 rings (SSSR count). The molecule has 0 saturated carbocycles. The van der Waals surface area contributed by atoms with Crippen LogP contribution in [0.5, 0.6) is 5.75 Å². The number of halogens is 1. The van der Waals surface area contributed by atoms with Gasteiger partial charge in [-0.3, -0.25) is 0 Å². The summed E-state index contributed by atoms with van der Waals surface area (Å²) in [4.78, 5) is 0. The molecule has 1 atom stereocenters. The zero-order valence-corrected chi connectivity index (χ0v) is 12.8. The van der Waals surface area contributed by atoms with Crippen LogP contribution in [0.4, 0.5) is 10.1 Å². The molecule has 0 spiro atoms. The van der Waals surface area contributed by atoms with Gasteiger partial charge in [-0.2, -0.15) is 0 Å². The van der Waals surface area contributed by atoms with Crippen molar-refractivity contribution in [2.45, 2.75) is 32.7 Å². The summed E-state index contributed by atoms with van der Waals surface area (Å²) in [6.45, 7) is 4.19. The van der Waals surface area contributed by atoms with Crippen molar-refractivity contribution in [2.75, 3.05) is 12.4 Å². The number of rotatable bonds is 6. The Morgan fingerprint density at radius 2 is 1.86 bits per heavy atom. The second-order valence-electron chi connectivity index (χ2n) is 5.21. The van der Waals surface area contributed by atoms with Crippen molar-refractivity contribution in [2.24, 2.45) is 0 Å². The summed E-state index contributed by atoms with van der Waals surface area (Å²) < 4.78 is 18.7. The summed E-state index contributed by atoms with van der Waals surface area (Å²) in [5, 5.41) is 3.38. The van der Waals surface area contributed by atoms with Crippen LogP contribution in [0, 0.1) is 5.82 Å². The fourth-order valence-corrected chi connectivity index (χ4v) is 2.34. The Bertz CT molecular complexity index is 580. The van der Waals surface area contributed by atoms with Gasteiger partial charge < -0.3 is 10.1 Å². The van der Waals surface area contributed by atoms with Gasteiger partial charge in [0.25, 0.3) is 0 Å². The van der Waals surface area contributed by atoms with Gasteiger partial charge in [0.2, 0.25) is 0 Å². The molecule has 1 unspecified atom stereocenters. The van der Waals surface area contributed by atoms with Crippen LogP contribution in [0.25, 0.3) is 0 Å². The molecular formula is C18H22FNO. The number of aryl methyl sites for hydroxylation is 1. The SMILES string of the molecule is CCCc1ccc(NC(C)c2ccc(OC)c(F)c2)cc1. The molecule has 3 heteroatoms. The minimum absolute atomic E-state index is 0.0300. The van der Waals surface area contributed by atoms with Gasteiger partial charge in [0.15, 0.2) is 11.6 Å². The molecule has 0 amide bonds. The number of methoxy groups -OCH3 is 1. The molecule has 0 aromatic heterocycles. The third-order valence-electron chi connectivity index (χ3n) is 3.55. The van der Waals surface area contributed by atoms with Crippen LogP contribution in [0.1, 0.15) is 37.4 Å². The molecule has 0 heterocycles. The van der Waals surface area contributed by atoms with Crippen molar-refractivity contribution < 1.29 is 9.13 Å². The summed E-state index contributed by atoms with van der Waals surface area (Å²) >= 11 is 0. The summed E-state index contributed by atoms with van der Waals surface area (Å²) in [6.07, 6.45) is 2.24. The van der Waals surface area contributed by atoms with E-state index in [1.165, 1.54) is 18.7 Å². The average molecular weight is 287 g/mol. The molecule has 0 aliphatic carbocycles. The highest BCUT2D eigenvalue weighted by molar-refractivity contribution is 5.47. The van der Waals surface area contributed by atoms with E-state index in [-0.39, 0.29) is 17.6 Å². The predicted octanol–water partition coefficient (Wildman–Crippen LogP) is 4.96. The van der Waals surface area contributed by atoms with Crippen molar-refractivity contribution in [3.8, 4) is 5.75 Å². The number of ether oxygens (including phenoxy) is 1. The molecule has 2 nitrogen and oxygen atoms in total. The minimum Gasteiger partial charge on any atom is -0.494 e. The predicted molar refractivity (Wildman–Crippen MR) is 85.4 cm³/mol. The van der Waals surface area contributed by atoms with Crippen molar-refractivity contribution in [3.05, 3.63) is 59.4 Å². The molecule has 0 aliphatic heterocycles. The first-order chi connectivity index (χ1) is 10.1. The van der Waals surface area contributed by atoms with E-state index in [9.17, 15) is 4.39 Å². The van der Waals surface area contributed by atoms with E-state index in [1.54, 1.807) is 6.07 Å².